The van der Waals surface area contributed by atoms with Crippen molar-refractivity contribution in [2.75, 3.05) is 11.1 Å². The molecule has 0 saturated carbocycles. The van der Waals surface area contributed by atoms with Crippen LogP contribution in [0, 0.1) is 5.41 Å². The Morgan fingerprint density at radius 1 is 1.29 bits per heavy atom. The number of hydrogen-bond donors (Lipinski definition) is 2. The Morgan fingerprint density at radius 3 is 2.79 bits per heavy atom. The summed E-state index contributed by atoms with van der Waals surface area (Å²) in [6.07, 6.45) is 2.07. The van der Waals surface area contributed by atoms with Crippen LogP contribution >= 0.6 is 11.3 Å². The average Bonchev–Trinajstić information content (AvgIpc) is 2.96. The number of aromatic nitrogens is 1. The highest BCUT2D eigenvalue weighted by Crippen LogP contribution is 2.39. The molecule has 144 valence electrons. The van der Waals surface area contributed by atoms with Gasteiger partial charge in [0.25, 0.3) is 5.91 Å². The molecule has 6 heteroatoms. The first-order valence-electron chi connectivity index (χ1n) is 9.43. The van der Waals surface area contributed by atoms with E-state index in [4.69, 9.17) is 10.7 Å². The minimum absolute atomic E-state index is 0.0918. The van der Waals surface area contributed by atoms with E-state index in [0.717, 1.165) is 29.8 Å². The molecular weight excluding hydrogens is 370 g/mol. The minimum Gasteiger partial charge on any atom is -0.397 e. The van der Waals surface area contributed by atoms with Crippen LogP contribution in [-0.4, -0.2) is 16.7 Å². The van der Waals surface area contributed by atoms with Crippen molar-refractivity contribution in [1.29, 1.82) is 0 Å². The fraction of sp³-hybridized carbons (Fsp3) is 0.318. The van der Waals surface area contributed by atoms with Crippen molar-refractivity contribution in [2.45, 2.75) is 40.0 Å². The molecule has 3 aromatic rings. The predicted molar refractivity (Wildman–Crippen MR) is 114 cm³/mol. The Bertz CT molecular complexity index is 1110. The smallest absolute Gasteiger partial charge is 0.267 e. The van der Waals surface area contributed by atoms with Gasteiger partial charge in [0.2, 0.25) is 0 Å². The van der Waals surface area contributed by atoms with Gasteiger partial charge in [-0.05, 0) is 36.0 Å². The van der Waals surface area contributed by atoms with Gasteiger partial charge in [-0.1, -0.05) is 39.0 Å². The van der Waals surface area contributed by atoms with E-state index in [-0.39, 0.29) is 17.1 Å². The number of aryl methyl sites for hydroxylation is 1. The van der Waals surface area contributed by atoms with Crippen LogP contribution in [0.4, 0.5) is 11.4 Å². The second kappa shape index (κ2) is 6.71. The molecule has 0 saturated heterocycles. The van der Waals surface area contributed by atoms with E-state index >= 15 is 0 Å². The highest BCUT2D eigenvalue weighted by Gasteiger charge is 2.33. The SMILES string of the molecule is CCc1ccccc1NC(=O)c1sc2nc3c(cc2c1N)C(=O)CC(C)(C)C3. The van der Waals surface area contributed by atoms with E-state index in [1.165, 1.54) is 11.3 Å². The number of carbonyl (C=O) groups is 2. The van der Waals surface area contributed by atoms with Gasteiger partial charge >= 0.3 is 0 Å². The lowest BCUT2D eigenvalue weighted by Gasteiger charge is -2.29. The predicted octanol–water partition coefficient (Wildman–Crippen LogP) is 4.85. The van der Waals surface area contributed by atoms with E-state index in [2.05, 4.69) is 19.2 Å². The number of nitrogens with one attached hydrogen (secondary N) is 1. The topological polar surface area (TPSA) is 85.1 Å². The number of Topliss-reactive ketones (excluding diaryl/α,β-unsaturated/α-hetero) is 1. The zero-order valence-electron chi connectivity index (χ0n) is 16.3. The van der Waals surface area contributed by atoms with Crippen molar-refractivity contribution in [3.8, 4) is 0 Å². The van der Waals surface area contributed by atoms with Crippen molar-refractivity contribution in [3.05, 3.63) is 52.0 Å². The van der Waals surface area contributed by atoms with E-state index in [0.29, 0.717) is 32.8 Å². The molecular formula is C22H23N3O2S. The van der Waals surface area contributed by atoms with E-state index < -0.39 is 0 Å². The van der Waals surface area contributed by atoms with Crippen molar-refractivity contribution in [3.63, 3.8) is 0 Å². The molecule has 0 radical (unpaired) electrons. The molecule has 0 atom stereocenters. The first-order chi connectivity index (χ1) is 13.3. The Hall–Kier alpha value is -2.73. The van der Waals surface area contributed by atoms with Crippen LogP contribution in [0.5, 0.6) is 0 Å². The fourth-order valence-electron chi connectivity index (χ4n) is 3.80. The first-order valence-corrected chi connectivity index (χ1v) is 10.2. The number of nitrogen functional groups attached to an aromatic ring is 1. The van der Waals surface area contributed by atoms with Gasteiger partial charge in [0, 0.05) is 23.1 Å². The number of carbonyl (C=O) groups excluding carboxylic acids is 2. The van der Waals surface area contributed by atoms with Gasteiger partial charge in [-0.2, -0.15) is 0 Å². The third-order valence-corrected chi connectivity index (χ3v) is 6.35. The molecule has 0 fully saturated rings. The Balaban J connectivity index is 1.74. The second-order valence-electron chi connectivity index (χ2n) is 8.09. The summed E-state index contributed by atoms with van der Waals surface area (Å²) in [4.78, 5) is 31.3. The summed E-state index contributed by atoms with van der Waals surface area (Å²) in [6, 6.07) is 9.55. The molecule has 2 heterocycles. The maximum atomic E-state index is 12.9. The van der Waals surface area contributed by atoms with Crippen LogP contribution < -0.4 is 11.1 Å². The molecule has 3 N–H and O–H groups in total. The lowest BCUT2D eigenvalue weighted by Crippen LogP contribution is -2.27. The monoisotopic (exact) mass is 393 g/mol. The largest absolute Gasteiger partial charge is 0.397 e. The van der Waals surface area contributed by atoms with Crippen molar-refractivity contribution in [1.82, 2.24) is 4.98 Å². The molecule has 0 bridgehead atoms. The van der Waals surface area contributed by atoms with E-state index in [1.807, 2.05) is 37.3 Å². The molecule has 28 heavy (non-hydrogen) atoms. The van der Waals surface area contributed by atoms with Crippen LogP contribution in [0.15, 0.2) is 30.3 Å². The number of para-hydroxylation sites is 1. The Kier molecular flexibility index (Phi) is 4.46. The summed E-state index contributed by atoms with van der Waals surface area (Å²) in [7, 11) is 0. The minimum atomic E-state index is -0.244. The number of rotatable bonds is 3. The molecule has 2 aromatic heterocycles. The van der Waals surface area contributed by atoms with Crippen LogP contribution in [0.1, 0.15) is 58.5 Å². The maximum absolute atomic E-state index is 12.9. The molecule has 1 amide bonds. The number of benzene rings is 1. The van der Waals surface area contributed by atoms with Crippen LogP contribution in [0.25, 0.3) is 10.2 Å². The molecule has 0 aliphatic heterocycles. The number of anilines is 2. The first kappa shape index (κ1) is 18.6. The third kappa shape index (κ3) is 3.18. The average molecular weight is 394 g/mol. The standard InChI is InChI=1S/C22H23N3O2S/c1-4-12-7-5-6-8-15(12)24-20(27)19-18(23)14-9-13-16(25-21(14)28-19)10-22(2,3)11-17(13)26/h5-9H,4,10-11,23H2,1-3H3,(H,24,27). The number of amides is 1. The van der Waals surface area contributed by atoms with Gasteiger partial charge in [-0.15, -0.1) is 11.3 Å². The maximum Gasteiger partial charge on any atom is 0.267 e. The molecule has 4 rings (SSSR count). The Morgan fingerprint density at radius 2 is 2.04 bits per heavy atom. The Labute approximate surface area is 168 Å². The lowest BCUT2D eigenvalue weighted by atomic mass is 9.75. The normalized spacial score (nSPS) is 15.5. The summed E-state index contributed by atoms with van der Waals surface area (Å²) in [6.45, 7) is 6.20. The summed E-state index contributed by atoms with van der Waals surface area (Å²) in [5, 5.41) is 3.65. The van der Waals surface area contributed by atoms with Crippen LogP contribution in [0.3, 0.4) is 0 Å². The number of ketones is 1. The second-order valence-corrected chi connectivity index (χ2v) is 9.09. The molecule has 1 aliphatic rings. The number of nitrogens with two attached hydrogens (primary N) is 1. The number of fused-ring (bicyclic) bond motifs is 2. The van der Waals surface area contributed by atoms with Gasteiger partial charge < -0.3 is 11.1 Å². The zero-order chi connectivity index (χ0) is 20.1. The van der Waals surface area contributed by atoms with Crippen LogP contribution in [-0.2, 0) is 12.8 Å². The molecule has 1 aromatic carbocycles. The highest BCUT2D eigenvalue weighted by atomic mass is 32.1. The van der Waals surface area contributed by atoms with Gasteiger partial charge in [0.05, 0.1) is 11.4 Å². The third-order valence-electron chi connectivity index (χ3n) is 5.24. The number of pyridine rings is 1. The van der Waals surface area contributed by atoms with Gasteiger partial charge in [-0.3, -0.25) is 9.59 Å². The van der Waals surface area contributed by atoms with Gasteiger partial charge in [-0.25, -0.2) is 4.98 Å². The van der Waals surface area contributed by atoms with Crippen molar-refractivity contribution >= 4 is 44.6 Å². The van der Waals surface area contributed by atoms with Gasteiger partial charge in [0.15, 0.2) is 5.78 Å². The van der Waals surface area contributed by atoms with E-state index in [1.54, 1.807) is 0 Å². The van der Waals surface area contributed by atoms with E-state index in [9.17, 15) is 9.59 Å². The molecule has 5 nitrogen and oxygen atoms in total. The molecule has 0 spiro atoms. The number of hydrogen-bond acceptors (Lipinski definition) is 5. The van der Waals surface area contributed by atoms with Crippen LogP contribution in [0.2, 0.25) is 0 Å². The lowest BCUT2D eigenvalue weighted by molar-refractivity contribution is 0.0910. The summed E-state index contributed by atoms with van der Waals surface area (Å²) in [5.41, 5.74) is 9.88. The summed E-state index contributed by atoms with van der Waals surface area (Å²) < 4.78 is 0. The summed E-state index contributed by atoms with van der Waals surface area (Å²) in [5.74, 6) is -0.153. The van der Waals surface area contributed by atoms with Gasteiger partial charge in [0.1, 0.15) is 9.71 Å². The van der Waals surface area contributed by atoms with Crippen molar-refractivity contribution < 1.29 is 9.59 Å². The highest BCUT2D eigenvalue weighted by molar-refractivity contribution is 7.21. The summed E-state index contributed by atoms with van der Waals surface area (Å²) >= 11 is 1.28. The van der Waals surface area contributed by atoms with Crippen molar-refractivity contribution in [2.24, 2.45) is 5.41 Å². The fourth-order valence-corrected chi connectivity index (χ4v) is 4.79. The molecule has 1 aliphatic carbocycles. The molecule has 0 unspecified atom stereocenters. The number of nitrogens with zero attached hydrogens (tertiary/aromatic N) is 1. The number of thiophene rings is 1. The quantitative estimate of drug-likeness (QED) is 0.666. The zero-order valence-corrected chi connectivity index (χ0v) is 17.1.